The molecule has 1 saturated heterocycles. The van der Waals surface area contributed by atoms with Gasteiger partial charge in [-0.05, 0) is 38.0 Å². The second-order valence-electron chi connectivity index (χ2n) is 4.31. The predicted molar refractivity (Wildman–Crippen MR) is 66.8 cm³/mol. The summed E-state index contributed by atoms with van der Waals surface area (Å²) in [6.45, 7) is 5.64. The zero-order valence-electron chi connectivity index (χ0n) is 9.77. The van der Waals surface area contributed by atoms with Crippen molar-refractivity contribution in [2.24, 2.45) is 5.73 Å². The Kier molecular flexibility index (Phi) is 3.84. The van der Waals surface area contributed by atoms with Crippen molar-refractivity contribution in [1.29, 1.82) is 0 Å². The lowest BCUT2D eigenvalue weighted by Gasteiger charge is -2.27. The van der Waals surface area contributed by atoms with E-state index in [1.807, 2.05) is 6.92 Å². The van der Waals surface area contributed by atoms with E-state index in [0.29, 0.717) is 5.25 Å². The molecule has 1 aliphatic rings. The van der Waals surface area contributed by atoms with E-state index in [9.17, 15) is 0 Å². The van der Waals surface area contributed by atoms with Gasteiger partial charge in [-0.3, -0.25) is 0 Å². The van der Waals surface area contributed by atoms with E-state index < -0.39 is 0 Å². The first-order chi connectivity index (χ1) is 7.65. The molecule has 88 valence electrons. The minimum absolute atomic E-state index is 0.223. The molecule has 0 radical (unpaired) electrons. The molecule has 3 nitrogen and oxygen atoms in total. The van der Waals surface area contributed by atoms with Crippen molar-refractivity contribution in [3.8, 4) is 0 Å². The Morgan fingerprint density at radius 1 is 1.44 bits per heavy atom. The van der Waals surface area contributed by atoms with Crippen molar-refractivity contribution >= 4 is 11.8 Å². The fraction of sp³-hybridized carbons (Fsp3) is 0.583. The summed E-state index contributed by atoms with van der Waals surface area (Å²) in [4.78, 5) is 4.51. The number of pyridine rings is 1. The van der Waals surface area contributed by atoms with Gasteiger partial charge in [-0.25, -0.2) is 4.98 Å². The number of thioether (sulfide) groups is 1. The van der Waals surface area contributed by atoms with E-state index in [4.69, 9.17) is 10.5 Å². The Labute approximate surface area is 101 Å². The van der Waals surface area contributed by atoms with E-state index in [2.05, 4.69) is 24.0 Å². The second kappa shape index (κ2) is 5.17. The summed E-state index contributed by atoms with van der Waals surface area (Å²) in [7, 11) is 0. The van der Waals surface area contributed by atoms with Gasteiger partial charge in [0.25, 0.3) is 0 Å². The molecule has 2 N–H and O–H groups in total. The molecule has 2 heterocycles. The van der Waals surface area contributed by atoms with Crippen molar-refractivity contribution in [1.82, 2.24) is 4.98 Å². The standard InChI is InChI=1S/C12H18N2OS/c1-8-5-9(2)14-12(6-8)16-11-7-15-4-3-10(11)13/h5-6,10-11H,3-4,7,13H2,1-2H3. The van der Waals surface area contributed by atoms with Crippen LogP contribution in [0, 0.1) is 13.8 Å². The highest BCUT2D eigenvalue weighted by Crippen LogP contribution is 2.27. The van der Waals surface area contributed by atoms with Gasteiger partial charge in [-0.15, -0.1) is 0 Å². The maximum Gasteiger partial charge on any atom is 0.0969 e. The highest BCUT2D eigenvalue weighted by atomic mass is 32.2. The molecule has 2 atom stereocenters. The van der Waals surface area contributed by atoms with Gasteiger partial charge in [0, 0.05) is 23.6 Å². The molecule has 2 unspecified atom stereocenters. The maximum absolute atomic E-state index is 6.07. The molecular weight excluding hydrogens is 220 g/mol. The zero-order valence-corrected chi connectivity index (χ0v) is 10.6. The van der Waals surface area contributed by atoms with Crippen molar-refractivity contribution in [2.45, 2.75) is 36.6 Å². The van der Waals surface area contributed by atoms with Crippen LogP contribution in [0.1, 0.15) is 17.7 Å². The lowest BCUT2D eigenvalue weighted by Crippen LogP contribution is -2.40. The van der Waals surface area contributed by atoms with Crippen molar-refractivity contribution in [3.05, 3.63) is 23.4 Å². The Balaban J connectivity index is 2.07. The summed E-state index contributed by atoms with van der Waals surface area (Å²) in [5.74, 6) is 0. The molecule has 0 amide bonds. The number of ether oxygens (including phenoxy) is 1. The van der Waals surface area contributed by atoms with E-state index in [-0.39, 0.29) is 6.04 Å². The summed E-state index contributed by atoms with van der Waals surface area (Å²) in [5.41, 5.74) is 8.39. The smallest absolute Gasteiger partial charge is 0.0969 e. The highest BCUT2D eigenvalue weighted by molar-refractivity contribution is 8.00. The average Bonchev–Trinajstić information content (AvgIpc) is 2.20. The first kappa shape index (κ1) is 11.9. The molecule has 2 rings (SSSR count). The van der Waals surface area contributed by atoms with Gasteiger partial charge < -0.3 is 10.5 Å². The number of hydrogen-bond donors (Lipinski definition) is 1. The topological polar surface area (TPSA) is 48.1 Å². The third-order valence-electron chi connectivity index (χ3n) is 2.70. The minimum atomic E-state index is 0.223. The van der Waals surface area contributed by atoms with Crippen LogP contribution < -0.4 is 5.73 Å². The van der Waals surface area contributed by atoms with Crippen molar-refractivity contribution in [3.63, 3.8) is 0 Å². The second-order valence-corrected chi connectivity index (χ2v) is 5.57. The number of aryl methyl sites for hydroxylation is 2. The first-order valence-electron chi connectivity index (χ1n) is 5.60. The number of hydrogen-bond acceptors (Lipinski definition) is 4. The fourth-order valence-corrected chi connectivity index (χ4v) is 3.11. The van der Waals surface area contributed by atoms with Crippen LogP contribution in [0.2, 0.25) is 0 Å². The number of nitrogens with two attached hydrogens (primary N) is 1. The van der Waals surface area contributed by atoms with Crippen LogP contribution in [0.3, 0.4) is 0 Å². The van der Waals surface area contributed by atoms with Crippen molar-refractivity contribution in [2.75, 3.05) is 13.2 Å². The molecule has 1 aliphatic heterocycles. The molecule has 0 spiro atoms. The van der Waals surface area contributed by atoms with Crippen LogP contribution in [0.5, 0.6) is 0 Å². The SMILES string of the molecule is Cc1cc(C)nc(SC2COCCC2N)c1. The van der Waals surface area contributed by atoms with Crippen LogP contribution in [-0.2, 0) is 4.74 Å². The molecule has 1 aromatic heterocycles. The largest absolute Gasteiger partial charge is 0.380 e. The van der Waals surface area contributed by atoms with E-state index >= 15 is 0 Å². The van der Waals surface area contributed by atoms with Gasteiger partial charge in [-0.2, -0.15) is 0 Å². The van der Waals surface area contributed by atoms with Crippen LogP contribution >= 0.6 is 11.8 Å². The first-order valence-corrected chi connectivity index (χ1v) is 6.48. The molecule has 4 heteroatoms. The van der Waals surface area contributed by atoms with Crippen LogP contribution in [0.15, 0.2) is 17.2 Å². The molecule has 0 bridgehead atoms. The average molecular weight is 238 g/mol. The van der Waals surface area contributed by atoms with Gasteiger partial charge in [0.15, 0.2) is 0 Å². The Hall–Kier alpha value is -0.580. The third kappa shape index (κ3) is 2.97. The molecular formula is C12H18N2OS. The number of rotatable bonds is 2. The van der Waals surface area contributed by atoms with E-state index in [1.165, 1.54) is 5.56 Å². The lowest BCUT2D eigenvalue weighted by molar-refractivity contribution is 0.0915. The summed E-state index contributed by atoms with van der Waals surface area (Å²) >= 11 is 1.74. The zero-order chi connectivity index (χ0) is 11.5. The predicted octanol–water partition coefficient (Wildman–Crippen LogP) is 1.91. The normalized spacial score (nSPS) is 25.7. The lowest BCUT2D eigenvalue weighted by atomic mass is 10.1. The van der Waals surface area contributed by atoms with Gasteiger partial charge >= 0.3 is 0 Å². The van der Waals surface area contributed by atoms with Crippen LogP contribution in [-0.4, -0.2) is 29.5 Å². The molecule has 1 fully saturated rings. The van der Waals surface area contributed by atoms with E-state index in [0.717, 1.165) is 30.4 Å². The van der Waals surface area contributed by atoms with E-state index in [1.54, 1.807) is 11.8 Å². The molecule has 0 saturated carbocycles. The Bertz CT molecular complexity index is 350. The molecule has 0 aliphatic carbocycles. The molecule has 16 heavy (non-hydrogen) atoms. The summed E-state index contributed by atoms with van der Waals surface area (Å²) in [6.07, 6.45) is 0.947. The van der Waals surface area contributed by atoms with Gasteiger partial charge in [0.05, 0.1) is 11.6 Å². The van der Waals surface area contributed by atoms with Crippen LogP contribution in [0.4, 0.5) is 0 Å². The monoisotopic (exact) mass is 238 g/mol. The summed E-state index contributed by atoms with van der Waals surface area (Å²) < 4.78 is 5.46. The third-order valence-corrected chi connectivity index (χ3v) is 3.94. The number of nitrogens with zero attached hydrogens (tertiary/aromatic N) is 1. The van der Waals surface area contributed by atoms with Crippen LogP contribution in [0.25, 0.3) is 0 Å². The van der Waals surface area contributed by atoms with Crippen molar-refractivity contribution < 1.29 is 4.74 Å². The van der Waals surface area contributed by atoms with Gasteiger partial charge in [0.2, 0.25) is 0 Å². The molecule has 1 aromatic rings. The van der Waals surface area contributed by atoms with Gasteiger partial charge in [0.1, 0.15) is 0 Å². The Morgan fingerprint density at radius 3 is 2.94 bits per heavy atom. The quantitative estimate of drug-likeness (QED) is 0.855. The number of aromatic nitrogens is 1. The molecule has 0 aromatic carbocycles. The van der Waals surface area contributed by atoms with Gasteiger partial charge in [-0.1, -0.05) is 11.8 Å². The maximum atomic E-state index is 6.07. The summed E-state index contributed by atoms with van der Waals surface area (Å²) in [5, 5.41) is 1.39. The summed E-state index contributed by atoms with van der Waals surface area (Å²) in [6, 6.07) is 4.42. The Morgan fingerprint density at radius 2 is 2.25 bits per heavy atom. The minimum Gasteiger partial charge on any atom is -0.380 e. The fourth-order valence-electron chi connectivity index (χ4n) is 1.87. The highest BCUT2D eigenvalue weighted by Gasteiger charge is 2.23.